The molecule has 0 amide bonds. The van der Waals surface area contributed by atoms with Gasteiger partial charge in [-0.2, -0.15) is 0 Å². The number of benzene rings is 2. The van der Waals surface area contributed by atoms with Crippen molar-refractivity contribution in [3.8, 4) is 5.75 Å². The van der Waals surface area contributed by atoms with Crippen LogP contribution in [0.5, 0.6) is 5.75 Å². The standard InChI is InChI=1S/C17H14N2O5/c1-24-12-5-2-4-11(10-12)16(17(20)21)18-9-8-13-14(18)6-3-7-15(13)19(22)23/h2-10,16H,1H3,(H,20,21). The Morgan fingerprint density at radius 2 is 2.00 bits per heavy atom. The summed E-state index contributed by atoms with van der Waals surface area (Å²) in [6.45, 7) is 0. The summed E-state index contributed by atoms with van der Waals surface area (Å²) >= 11 is 0. The van der Waals surface area contributed by atoms with Gasteiger partial charge in [-0.15, -0.1) is 0 Å². The lowest BCUT2D eigenvalue weighted by Gasteiger charge is -2.17. The Bertz CT molecular complexity index is 932. The van der Waals surface area contributed by atoms with Gasteiger partial charge in [-0.1, -0.05) is 18.2 Å². The van der Waals surface area contributed by atoms with E-state index in [4.69, 9.17) is 4.74 Å². The number of aromatic nitrogens is 1. The molecular weight excluding hydrogens is 312 g/mol. The van der Waals surface area contributed by atoms with E-state index in [2.05, 4.69) is 0 Å². The van der Waals surface area contributed by atoms with Gasteiger partial charge < -0.3 is 14.4 Å². The number of non-ortho nitro benzene ring substituents is 1. The minimum atomic E-state index is -1.06. The van der Waals surface area contributed by atoms with Gasteiger partial charge in [0.25, 0.3) is 5.69 Å². The Kier molecular flexibility index (Phi) is 3.91. The van der Waals surface area contributed by atoms with Gasteiger partial charge in [0.2, 0.25) is 0 Å². The Labute approximate surface area is 136 Å². The SMILES string of the molecule is COc1cccc(C(C(=O)O)n2ccc3c([N+](=O)[O-])cccc32)c1. The number of carboxylic acid groups (broad SMARTS) is 1. The van der Waals surface area contributed by atoms with Crippen molar-refractivity contribution in [2.45, 2.75) is 6.04 Å². The molecule has 0 spiro atoms. The van der Waals surface area contributed by atoms with Gasteiger partial charge >= 0.3 is 5.97 Å². The second kappa shape index (κ2) is 6.04. The maximum atomic E-state index is 11.9. The fraction of sp³-hybridized carbons (Fsp3) is 0.118. The Morgan fingerprint density at radius 3 is 2.67 bits per heavy atom. The summed E-state index contributed by atoms with van der Waals surface area (Å²) in [4.78, 5) is 22.5. The number of fused-ring (bicyclic) bond motifs is 1. The number of carboxylic acids is 1. The van der Waals surface area contributed by atoms with Gasteiger partial charge in [-0.25, -0.2) is 4.79 Å². The lowest BCUT2D eigenvalue weighted by Crippen LogP contribution is -2.19. The molecule has 2 aromatic carbocycles. The van der Waals surface area contributed by atoms with Crippen molar-refractivity contribution in [2.75, 3.05) is 7.11 Å². The number of aliphatic carboxylic acids is 1. The topological polar surface area (TPSA) is 94.6 Å². The molecule has 1 N–H and O–H groups in total. The van der Waals surface area contributed by atoms with Crippen LogP contribution in [-0.2, 0) is 4.79 Å². The van der Waals surface area contributed by atoms with Crippen LogP contribution >= 0.6 is 0 Å². The summed E-state index contributed by atoms with van der Waals surface area (Å²) in [6, 6.07) is 11.9. The molecule has 1 atom stereocenters. The van der Waals surface area contributed by atoms with Crippen molar-refractivity contribution >= 4 is 22.6 Å². The number of hydrogen-bond acceptors (Lipinski definition) is 4. The lowest BCUT2D eigenvalue weighted by molar-refractivity contribution is -0.383. The molecule has 0 bridgehead atoms. The number of ether oxygens (including phenoxy) is 1. The maximum absolute atomic E-state index is 11.9. The highest BCUT2D eigenvalue weighted by molar-refractivity contribution is 5.91. The number of nitro groups is 1. The van der Waals surface area contributed by atoms with Crippen molar-refractivity contribution in [3.63, 3.8) is 0 Å². The number of hydrogen-bond donors (Lipinski definition) is 1. The quantitative estimate of drug-likeness (QED) is 0.574. The molecular formula is C17H14N2O5. The number of nitro benzene ring substituents is 1. The Hall–Kier alpha value is -3.35. The van der Waals surface area contributed by atoms with Crippen LogP contribution in [0.4, 0.5) is 5.69 Å². The first-order valence-electron chi connectivity index (χ1n) is 7.13. The molecule has 3 aromatic rings. The minimum absolute atomic E-state index is 0.0546. The van der Waals surface area contributed by atoms with Crippen LogP contribution in [0.1, 0.15) is 11.6 Å². The molecule has 1 unspecified atom stereocenters. The monoisotopic (exact) mass is 326 g/mol. The molecule has 7 nitrogen and oxygen atoms in total. The van der Waals surface area contributed by atoms with Gasteiger partial charge in [0.15, 0.2) is 6.04 Å². The van der Waals surface area contributed by atoms with Crippen LogP contribution in [-0.4, -0.2) is 27.7 Å². The molecule has 0 aliphatic heterocycles. The second-order valence-corrected chi connectivity index (χ2v) is 5.21. The largest absolute Gasteiger partial charge is 0.497 e. The highest BCUT2D eigenvalue weighted by Crippen LogP contribution is 2.31. The van der Waals surface area contributed by atoms with Crippen LogP contribution in [0.25, 0.3) is 10.9 Å². The zero-order valence-electron chi connectivity index (χ0n) is 12.7. The van der Waals surface area contributed by atoms with E-state index < -0.39 is 16.9 Å². The van der Waals surface area contributed by atoms with Crippen LogP contribution < -0.4 is 4.74 Å². The number of carbonyl (C=O) groups is 1. The van der Waals surface area contributed by atoms with E-state index in [0.717, 1.165) is 0 Å². The van der Waals surface area contributed by atoms with Gasteiger partial charge in [-0.3, -0.25) is 10.1 Å². The van der Waals surface area contributed by atoms with E-state index >= 15 is 0 Å². The number of nitrogens with zero attached hydrogens (tertiary/aromatic N) is 2. The first kappa shape index (κ1) is 15.5. The van der Waals surface area contributed by atoms with Crippen molar-refractivity contribution in [3.05, 3.63) is 70.4 Å². The zero-order chi connectivity index (χ0) is 17.3. The fourth-order valence-corrected chi connectivity index (χ4v) is 2.79. The first-order valence-corrected chi connectivity index (χ1v) is 7.13. The first-order chi connectivity index (χ1) is 11.5. The molecule has 1 aromatic heterocycles. The summed E-state index contributed by atoms with van der Waals surface area (Å²) in [6.07, 6.45) is 1.55. The molecule has 1 heterocycles. The van der Waals surface area contributed by atoms with Gasteiger partial charge in [0.05, 0.1) is 22.9 Å². The highest BCUT2D eigenvalue weighted by atomic mass is 16.6. The van der Waals surface area contributed by atoms with Gasteiger partial charge in [0.1, 0.15) is 5.75 Å². The Morgan fingerprint density at radius 1 is 1.25 bits per heavy atom. The van der Waals surface area contributed by atoms with Crippen molar-refractivity contribution < 1.29 is 19.6 Å². The van der Waals surface area contributed by atoms with E-state index in [1.807, 2.05) is 0 Å². The number of methoxy groups -OCH3 is 1. The maximum Gasteiger partial charge on any atom is 0.331 e. The molecule has 0 fully saturated rings. The predicted molar refractivity (Wildman–Crippen MR) is 87.4 cm³/mol. The second-order valence-electron chi connectivity index (χ2n) is 5.21. The van der Waals surface area contributed by atoms with Crippen LogP contribution in [0.3, 0.4) is 0 Å². The normalized spacial score (nSPS) is 12.0. The molecule has 0 radical (unpaired) electrons. The van der Waals surface area contributed by atoms with E-state index in [1.54, 1.807) is 48.7 Å². The predicted octanol–water partition coefficient (Wildman–Crippen LogP) is 3.23. The molecule has 24 heavy (non-hydrogen) atoms. The zero-order valence-corrected chi connectivity index (χ0v) is 12.7. The Balaban J connectivity index is 2.20. The van der Waals surface area contributed by atoms with Crippen molar-refractivity contribution in [2.24, 2.45) is 0 Å². The van der Waals surface area contributed by atoms with Crippen molar-refractivity contribution in [1.29, 1.82) is 0 Å². The average Bonchev–Trinajstić information content (AvgIpc) is 2.98. The summed E-state index contributed by atoms with van der Waals surface area (Å²) in [5.74, 6) is -0.520. The summed E-state index contributed by atoms with van der Waals surface area (Å²) in [5, 5.41) is 21.2. The third-order valence-electron chi connectivity index (χ3n) is 3.86. The third kappa shape index (κ3) is 2.56. The van der Waals surface area contributed by atoms with E-state index in [9.17, 15) is 20.0 Å². The molecule has 0 aliphatic rings. The molecule has 0 aliphatic carbocycles. The summed E-state index contributed by atoms with van der Waals surface area (Å²) in [7, 11) is 1.50. The molecule has 122 valence electrons. The van der Waals surface area contributed by atoms with Gasteiger partial charge in [0, 0.05) is 12.3 Å². The molecule has 0 saturated heterocycles. The molecule has 7 heteroatoms. The fourth-order valence-electron chi connectivity index (χ4n) is 2.79. The average molecular weight is 326 g/mol. The van der Waals surface area contributed by atoms with Gasteiger partial charge in [-0.05, 0) is 29.8 Å². The van der Waals surface area contributed by atoms with Crippen molar-refractivity contribution in [1.82, 2.24) is 4.57 Å². The van der Waals surface area contributed by atoms with E-state index in [-0.39, 0.29) is 5.69 Å². The summed E-state index contributed by atoms with van der Waals surface area (Å²) in [5.41, 5.74) is 0.950. The number of rotatable bonds is 5. The van der Waals surface area contributed by atoms with Crippen LogP contribution in [0.15, 0.2) is 54.7 Å². The summed E-state index contributed by atoms with van der Waals surface area (Å²) < 4.78 is 6.66. The minimum Gasteiger partial charge on any atom is -0.497 e. The van der Waals surface area contributed by atoms with Crippen LogP contribution in [0.2, 0.25) is 0 Å². The lowest BCUT2D eigenvalue weighted by atomic mass is 10.1. The third-order valence-corrected chi connectivity index (χ3v) is 3.86. The molecule has 3 rings (SSSR count). The van der Waals surface area contributed by atoms with E-state index in [0.29, 0.717) is 22.2 Å². The molecule has 0 saturated carbocycles. The van der Waals surface area contributed by atoms with Crippen LogP contribution in [0, 0.1) is 10.1 Å². The highest BCUT2D eigenvalue weighted by Gasteiger charge is 2.25. The van der Waals surface area contributed by atoms with E-state index in [1.165, 1.54) is 17.7 Å². The smallest absolute Gasteiger partial charge is 0.331 e.